The van der Waals surface area contributed by atoms with Gasteiger partial charge in [0, 0.05) is 25.7 Å². The third kappa shape index (κ3) is 8.04. The van der Waals surface area contributed by atoms with E-state index in [1.165, 1.54) is 9.80 Å². The monoisotopic (exact) mass is 475 g/mol. The average molecular weight is 476 g/mol. The Balaban J connectivity index is 1.93. The van der Waals surface area contributed by atoms with Crippen LogP contribution in [0.2, 0.25) is 0 Å². The van der Waals surface area contributed by atoms with E-state index < -0.39 is 23.4 Å². The van der Waals surface area contributed by atoms with Crippen LogP contribution in [0.4, 0.5) is 9.59 Å². The van der Waals surface area contributed by atoms with Crippen LogP contribution in [-0.4, -0.2) is 70.7 Å². The number of unbranched alkanes of at least 4 members (excludes halogenated alkanes) is 1. The molecule has 1 aliphatic rings. The second-order valence-corrected chi connectivity index (χ2v) is 10.5. The zero-order valence-electron chi connectivity index (χ0n) is 21.3. The van der Waals surface area contributed by atoms with Crippen molar-refractivity contribution in [1.82, 2.24) is 15.1 Å². The second kappa shape index (κ2) is 10.9. The van der Waals surface area contributed by atoms with Crippen LogP contribution in [-0.2, 0) is 9.47 Å². The molecule has 2 rings (SSSR count). The van der Waals surface area contributed by atoms with Crippen molar-refractivity contribution in [3.8, 4) is 0 Å². The van der Waals surface area contributed by atoms with Gasteiger partial charge in [0.1, 0.15) is 11.2 Å². The Morgan fingerprint density at radius 2 is 1.47 bits per heavy atom. The van der Waals surface area contributed by atoms with Gasteiger partial charge in [-0.25, -0.2) is 9.59 Å². The molecule has 0 fully saturated rings. The fourth-order valence-corrected chi connectivity index (χ4v) is 3.48. The maximum atomic E-state index is 12.8. The van der Waals surface area contributed by atoms with E-state index in [0.29, 0.717) is 30.5 Å². The van der Waals surface area contributed by atoms with Crippen LogP contribution in [0, 0.1) is 0 Å². The minimum absolute atomic E-state index is 0.223. The molecular weight excluding hydrogens is 438 g/mol. The number of carbonyl (C=O) groups excluding carboxylic acids is 4. The molecule has 0 saturated heterocycles. The zero-order chi connectivity index (χ0) is 25.7. The van der Waals surface area contributed by atoms with Crippen molar-refractivity contribution in [2.75, 3.05) is 19.6 Å². The average Bonchev–Trinajstić information content (AvgIpc) is 2.92. The van der Waals surface area contributed by atoms with E-state index in [1.54, 1.807) is 72.7 Å². The first-order valence-electron chi connectivity index (χ1n) is 11.6. The summed E-state index contributed by atoms with van der Waals surface area (Å²) in [5, 5.41) is 2.73. The van der Waals surface area contributed by atoms with Crippen LogP contribution in [0.1, 0.15) is 82.0 Å². The maximum Gasteiger partial charge on any atom is 0.410 e. The standard InChI is InChI=1S/C25H37N3O6/c1-17(26-22(31)33-24(2,3)4)16-27(23(32)34-25(5,6)7)14-10-11-15-28-20(29)18-12-8-9-13-19(18)21(28)30/h8-9,12-13,17H,10-11,14-16H2,1-7H3,(H,26,31)/t17-/m0/s1. The molecule has 9 heteroatoms. The Morgan fingerprint density at radius 3 is 1.97 bits per heavy atom. The number of alkyl carbamates (subject to hydrolysis) is 1. The Kier molecular flexibility index (Phi) is 8.69. The summed E-state index contributed by atoms with van der Waals surface area (Å²) in [6.45, 7) is 13.3. The topological polar surface area (TPSA) is 105 Å². The number of hydrogen-bond donors (Lipinski definition) is 1. The molecular formula is C25H37N3O6. The van der Waals surface area contributed by atoms with E-state index in [9.17, 15) is 19.2 Å². The lowest BCUT2D eigenvalue weighted by Crippen LogP contribution is -2.47. The van der Waals surface area contributed by atoms with Gasteiger partial charge in [0.2, 0.25) is 0 Å². The van der Waals surface area contributed by atoms with Crippen molar-refractivity contribution in [2.24, 2.45) is 0 Å². The lowest BCUT2D eigenvalue weighted by molar-refractivity contribution is 0.0212. The molecule has 1 atom stereocenters. The first-order valence-corrected chi connectivity index (χ1v) is 11.6. The number of amides is 4. The van der Waals surface area contributed by atoms with Gasteiger partial charge in [-0.15, -0.1) is 0 Å². The third-order valence-electron chi connectivity index (χ3n) is 4.85. The van der Waals surface area contributed by atoms with E-state index in [2.05, 4.69) is 5.32 Å². The summed E-state index contributed by atoms with van der Waals surface area (Å²) < 4.78 is 10.8. The van der Waals surface area contributed by atoms with Crippen LogP contribution in [0.3, 0.4) is 0 Å². The molecule has 9 nitrogen and oxygen atoms in total. The van der Waals surface area contributed by atoms with Crippen LogP contribution in [0.15, 0.2) is 24.3 Å². The lowest BCUT2D eigenvalue weighted by atomic mass is 10.1. The van der Waals surface area contributed by atoms with Crippen molar-refractivity contribution >= 4 is 24.0 Å². The highest BCUT2D eigenvalue weighted by Gasteiger charge is 2.34. The molecule has 34 heavy (non-hydrogen) atoms. The quantitative estimate of drug-likeness (QED) is 0.446. The molecule has 0 aliphatic carbocycles. The van der Waals surface area contributed by atoms with E-state index in [0.717, 1.165) is 0 Å². The largest absolute Gasteiger partial charge is 0.444 e. The summed E-state index contributed by atoms with van der Waals surface area (Å²) in [4.78, 5) is 52.6. The molecule has 0 saturated carbocycles. The van der Waals surface area contributed by atoms with Crippen LogP contribution in [0.25, 0.3) is 0 Å². The minimum Gasteiger partial charge on any atom is -0.444 e. The summed E-state index contributed by atoms with van der Waals surface area (Å²) in [6.07, 6.45) is 0.0191. The Labute approximate surface area is 201 Å². The highest BCUT2D eigenvalue weighted by Crippen LogP contribution is 2.22. The second-order valence-electron chi connectivity index (χ2n) is 10.5. The van der Waals surface area contributed by atoms with Gasteiger partial charge >= 0.3 is 12.2 Å². The molecule has 1 aliphatic heterocycles. The molecule has 0 bridgehead atoms. The Bertz CT molecular complexity index is 881. The van der Waals surface area contributed by atoms with Gasteiger partial charge < -0.3 is 19.7 Å². The molecule has 0 unspecified atom stereocenters. The summed E-state index contributed by atoms with van der Waals surface area (Å²) in [7, 11) is 0. The number of imide groups is 1. The van der Waals surface area contributed by atoms with Gasteiger partial charge in [0.25, 0.3) is 11.8 Å². The van der Waals surface area contributed by atoms with Gasteiger partial charge in [0.15, 0.2) is 0 Å². The molecule has 0 aromatic heterocycles. The first-order chi connectivity index (χ1) is 15.7. The van der Waals surface area contributed by atoms with Gasteiger partial charge in [-0.05, 0) is 73.4 Å². The van der Waals surface area contributed by atoms with Gasteiger partial charge in [-0.1, -0.05) is 12.1 Å². The van der Waals surface area contributed by atoms with E-state index in [4.69, 9.17) is 9.47 Å². The van der Waals surface area contributed by atoms with E-state index in [1.807, 2.05) is 0 Å². The van der Waals surface area contributed by atoms with Gasteiger partial charge in [0.05, 0.1) is 11.1 Å². The van der Waals surface area contributed by atoms with Crippen LogP contribution >= 0.6 is 0 Å². The van der Waals surface area contributed by atoms with Crippen molar-refractivity contribution in [1.29, 1.82) is 0 Å². The lowest BCUT2D eigenvalue weighted by Gasteiger charge is -2.30. The van der Waals surface area contributed by atoms with Gasteiger partial charge in [-0.3, -0.25) is 14.5 Å². The number of ether oxygens (including phenoxy) is 2. The number of rotatable bonds is 8. The zero-order valence-corrected chi connectivity index (χ0v) is 21.3. The maximum absolute atomic E-state index is 12.8. The Hall–Kier alpha value is -3.10. The van der Waals surface area contributed by atoms with Crippen molar-refractivity contribution in [3.63, 3.8) is 0 Å². The summed E-state index contributed by atoms with van der Waals surface area (Å²) >= 11 is 0. The fraction of sp³-hybridized carbons (Fsp3) is 0.600. The number of carbonyl (C=O) groups is 4. The van der Waals surface area contributed by atoms with E-state index >= 15 is 0 Å². The highest BCUT2D eigenvalue weighted by molar-refractivity contribution is 6.21. The number of benzene rings is 1. The highest BCUT2D eigenvalue weighted by atomic mass is 16.6. The number of fused-ring (bicyclic) bond motifs is 1. The van der Waals surface area contributed by atoms with Crippen molar-refractivity contribution in [2.45, 2.75) is 78.6 Å². The van der Waals surface area contributed by atoms with Crippen molar-refractivity contribution in [3.05, 3.63) is 35.4 Å². The number of hydrogen-bond acceptors (Lipinski definition) is 6. The molecule has 1 N–H and O–H groups in total. The van der Waals surface area contributed by atoms with Crippen molar-refractivity contribution < 1.29 is 28.7 Å². The third-order valence-corrected chi connectivity index (χ3v) is 4.85. The summed E-state index contributed by atoms with van der Waals surface area (Å²) in [6, 6.07) is 6.40. The van der Waals surface area contributed by atoms with E-state index in [-0.39, 0.29) is 30.9 Å². The predicted molar refractivity (Wildman–Crippen MR) is 128 cm³/mol. The molecule has 1 aromatic carbocycles. The van der Waals surface area contributed by atoms with Crippen LogP contribution in [0.5, 0.6) is 0 Å². The summed E-state index contributed by atoms with van der Waals surface area (Å²) in [5.74, 6) is -0.584. The smallest absolute Gasteiger partial charge is 0.410 e. The Morgan fingerprint density at radius 1 is 0.941 bits per heavy atom. The predicted octanol–water partition coefficient (Wildman–Crippen LogP) is 4.21. The number of nitrogens with one attached hydrogen (secondary N) is 1. The number of nitrogens with zero attached hydrogens (tertiary/aromatic N) is 2. The molecule has 1 heterocycles. The van der Waals surface area contributed by atoms with Crippen LogP contribution < -0.4 is 5.32 Å². The molecule has 0 radical (unpaired) electrons. The first kappa shape index (κ1) is 27.1. The normalized spacial score (nSPS) is 14.5. The fourth-order valence-electron chi connectivity index (χ4n) is 3.48. The SMILES string of the molecule is C[C@@H](CN(CCCCN1C(=O)c2ccccc2C1=O)C(=O)OC(C)(C)C)NC(=O)OC(C)(C)C. The molecule has 4 amide bonds. The minimum atomic E-state index is -0.669. The molecule has 188 valence electrons. The van der Waals surface area contributed by atoms with Gasteiger partial charge in [-0.2, -0.15) is 0 Å². The molecule has 0 spiro atoms. The molecule has 1 aromatic rings. The summed E-state index contributed by atoms with van der Waals surface area (Å²) in [5.41, 5.74) is -0.453.